The quantitative estimate of drug-likeness (QED) is 0.295. The normalized spacial score (nSPS) is 22.9. The number of hydrogen-bond donors (Lipinski definition) is 0. The topological polar surface area (TPSA) is 73.0 Å². The SMILES string of the molecule is Cc1cc2c(cnn2-c2ccc(F)cc2)cc1C12CN(S(=O)(=O)c3cnn(C)c3)CC1C2c1cccc(Cl)c1. The van der Waals surface area contributed by atoms with Gasteiger partial charge in [0.25, 0.3) is 0 Å². The first-order valence-corrected chi connectivity index (χ1v) is 14.5. The number of hydrogen-bond acceptors (Lipinski definition) is 4. The summed E-state index contributed by atoms with van der Waals surface area (Å²) in [7, 11) is -1.98. The minimum absolute atomic E-state index is 0.103. The van der Waals surface area contributed by atoms with Gasteiger partial charge in [-0.15, -0.1) is 0 Å². The van der Waals surface area contributed by atoms with Gasteiger partial charge in [-0.05, 0) is 78.1 Å². The first-order chi connectivity index (χ1) is 18.7. The van der Waals surface area contributed by atoms with Gasteiger partial charge in [-0.1, -0.05) is 23.7 Å². The predicted molar refractivity (Wildman–Crippen MR) is 147 cm³/mol. The molecule has 1 aliphatic carbocycles. The molecule has 198 valence electrons. The molecular weight excluding hydrogens is 537 g/mol. The Labute approximate surface area is 230 Å². The van der Waals surface area contributed by atoms with Crippen LogP contribution in [0, 0.1) is 18.7 Å². The van der Waals surface area contributed by atoms with E-state index >= 15 is 0 Å². The molecule has 2 aromatic heterocycles. The molecule has 10 heteroatoms. The fourth-order valence-electron chi connectivity index (χ4n) is 6.59. The van der Waals surface area contributed by atoms with Gasteiger partial charge in [0, 0.05) is 48.1 Å². The molecule has 0 amide bonds. The van der Waals surface area contributed by atoms with Crippen LogP contribution in [0.4, 0.5) is 4.39 Å². The van der Waals surface area contributed by atoms with Crippen LogP contribution in [0.5, 0.6) is 0 Å². The Hall–Kier alpha value is -3.53. The van der Waals surface area contributed by atoms with Gasteiger partial charge >= 0.3 is 0 Å². The van der Waals surface area contributed by atoms with Crippen molar-refractivity contribution in [1.82, 2.24) is 23.9 Å². The minimum atomic E-state index is -3.69. The van der Waals surface area contributed by atoms with E-state index in [1.807, 2.05) is 24.4 Å². The lowest BCUT2D eigenvalue weighted by Gasteiger charge is -2.25. The Morgan fingerprint density at radius 2 is 1.85 bits per heavy atom. The molecule has 1 aliphatic heterocycles. The Morgan fingerprint density at radius 1 is 1.05 bits per heavy atom. The zero-order valence-corrected chi connectivity index (χ0v) is 22.9. The van der Waals surface area contributed by atoms with Crippen LogP contribution in [-0.2, 0) is 22.5 Å². The van der Waals surface area contributed by atoms with Crippen LogP contribution >= 0.6 is 11.6 Å². The molecule has 1 saturated carbocycles. The fourth-order valence-corrected chi connectivity index (χ4v) is 8.30. The third-order valence-corrected chi connectivity index (χ3v) is 10.4. The maximum atomic E-state index is 13.6. The van der Waals surface area contributed by atoms with Crippen LogP contribution in [-0.4, -0.2) is 45.4 Å². The lowest BCUT2D eigenvalue weighted by atomic mass is 9.87. The van der Waals surface area contributed by atoms with Gasteiger partial charge in [0.15, 0.2) is 0 Å². The monoisotopic (exact) mass is 561 g/mol. The first-order valence-electron chi connectivity index (χ1n) is 12.7. The first kappa shape index (κ1) is 24.5. The van der Waals surface area contributed by atoms with Crippen molar-refractivity contribution < 1.29 is 12.8 Å². The van der Waals surface area contributed by atoms with Crippen LogP contribution in [0.15, 0.2) is 84.1 Å². The largest absolute Gasteiger partial charge is 0.274 e. The maximum absolute atomic E-state index is 13.6. The molecule has 7 rings (SSSR count). The third kappa shape index (κ3) is 3.67. The molecule has 3 aromatic carbocycles. The second-order valence-corrected chi connectivity index (χ2v) is 13.0. The number of nitrogens with zero attached hydrogens (tertiary/aromatic N) is 5. The van der Waals surface area contributed by atoms with Gasteiger partial charge in [0.1, 0.15) is 10.7 Å². The lowest BCUT2D eigenvalue weighted by molar-refractivity contribution is 0.421. The van der Waals surface area contributed by atoms with Crippen molar-refractivity contribution in [2.75, 3.05) is 13.1 Å². The van der Waals surface area contributed by atoms with Crippen LogP contribution in [0.2, 0.25) is 5.02 Å². The number of aromatic nitrogens is 4. The van der Waals surface area contributed by atoms with Crippen molar-refractivity contribution in [2.45, 2.75) is 23.2 Å². The molecule has 3 heterocycles. The van der Waals surface area contributed by atoms with E-state index in [4.69, 9.17) is 11.6 Å². The molecule has 3 unspecified atom stereocenters. The van der Waals surface area contributed by atoms with Crippen molar-refractivity contribution in [3.8, 4) is 5.69 Å². The van der Waals surface area contributed by atoms with Crippen molar-refractivity contribution in [3.05, 3.63) is 107 Å². The summed E-state index contributed by atoms with van der Waals surface area (Å²) in [5.41, 5.74) is 4.58. The highest BCUT2D eigenvalue weighted by Gasteiger charge is 2.71. The highest BCUT2D eigenvalue weighted by Crippen LogP contribution is 2.70. The van der Waals surface area contributed by atoms with Gasteiger partial charge < -0.3 is 0 Å². The highest BCUT2D eigenvalue weighted by molar-refractivity contribution is 7.89. The minimum Gasteiger partial charge on any atom is -0.274 e. The summed E-state index contributed by atoms with van der Waals surface area (Å²) in [6.07, 6.45) is 4.76. The molecule has 7 nitrogen and oxygen atoms in total. The Bertz CT molecular complexity index is 1870. The molecule has 0 spiro atoms. The van der Waals surface area contributed by atoms with E-state index in [0.29, 0.717) is 18.1 Å². The number of benzene rings is 3. The smallest absolute Gasteiger partial charge is 0.246 e. The molecule has 0 radical (unpaired) electrons. The molecule has 2 aliphatic rings. The van der Waals surface area contributed by atoms with Gasteiger partial charge in [-0.2, -0.15) is 14.5 Å². The number of sulfonamides is 1. The summed E-state index contributed by atoms with van der Waals surface area (Å²) in [6, 6.07) is 18.4. The number of halogens is 2. The van der Waals surface area contributed by atoms with E-state index in [0.717, 1.165) is 33.3 Å². The number of rotatable bonds is 5. The number of piperidine rings is 1. The van der Waals surface area contributed by atoms with E-state index in [2.05, 4.69) is 35.3 Å². The Balaban J connectivity index is 1.34. The lowest BCUT2D eigenvalue weighted by Crippen LogP contribution is -2.34. The van der Waals surface area contributed by atoms with E-state index in [1.54, 1.807) is 34.4 Å². The summed E-state index contributed by atoms with van der Waals surface area (Å²) in [4.78, 5) is 0.202. The predicted octanol–water partition coefficient (Wildman–Crippen LogP) is 5.22. The maximum Gasteiger partial charge on any atom is 0.246 e. The zero-order chi connectivity index (χ0) is 27.1. The van der Waals surface area contributed by atoms with Gasteiger partial charge in [-0.25, -0.2) is 17.5 Å². The standard InChI is InChI=1S/C29H25ClFN5O2S/c1-18-10-27-20(13-33-36(27)23-8-6-22(31)7-9-23)12-25(18)29-17-35(39(37,38)24-14-32-34(2)15-24)16-26(29)28(29)19-4-3-5-21(30)11-19/h3-15,26,28H,16-17H2,1-2H3. The average molecular weight is 562 g/mol. The van der Waals surface area contributed by atoms with Gasteiger partial charge in [-0.3, -0.25) is 4.68 Å². The van der Waals surface area contributed by atoms with E-state index in [9.17, 15) is 12.8 Å². The van der Waals surface area contributed by atoms with E-state index in [1.165, 1.54) is 23.0 Å². The molecule has 1 saturated heterocycles. The summed E-state index contributed by atoms with van der Waals surface area (Å²) in [5.74, 6) is -0.0582. The molecule has 2 fully saturated rings. The summed E-state index contributed by atoms with van der Waals surface area (Å²) in [5, 5.41) is 10.3. The molecule has 0 bridgehead atoms. The van der Waals surface area contributed by atoms with Crippen LogP contribution in [0.1, 0.15) is 22.6 Å². The third-order valence-electron chi connectivity index (χ3n) is 8.36. The molecular formula is C29H25ClFN5O2S. The average Bonchev–Trinajstić information content (AvgIpc) is 3.33. The van der Waals surface area contributed by atoms with Gasteiger partial charge in [0.05, 0.1) is 23.6 Å². The molecule has 3 atom stereocenters. The van der Waals surface area contributed by atoms with Crippen molar-refractivity contribution >= 4 is 32.5 Å². The van der Waals surface area contributed by atoms with Crippen molar-refractivity contribution in [3.63, 3.8) is 0 Å². The second-order valence-electron chi connectivity index (χ2n) is 10.6. The zero-order valence-electron chi connectivity index (χ0n) is 21.3. The van der Waals surface area contributed by atoms with E-state index < -0.39 is 15.4 Å². The number of fused-ring (bicyclic) bond motifs is 2. The fraction of sp³-hybridized carbons (Fsp3) is 0.241. The second kappa shape index (κ2) is 8.48. The van der Waals surface area contributed by atoms with Crippen molar-refractivity contribution in [2.24, 2.45) is 13.0 Å². The van der Waals surface area contributed by atoms with Gasteiger partial charge in [0.2, 0.25) is 10.0 Å². The molecule has 0 N–H and O–H groups in total. The molecule has 39 heavy (non-hydrogen) atoms. The molecule has 5 aromatic rings. The van der Waals surface area contributed by atoms with Crippen LogP contribution < -0.4 is 0 Å². The highest BCUT2D eigenvalue weighted by atomic mass is 35.5. The van der Waals surface area contributed by atoms with Crippen LogP contribution in [0.3, 0.4) is 0 Å². The summed E-state index contributed by atoms with van der Waals surface area (Å²) < 4.78 is 45.6. The summed E-state index contributed by atoms with van der Waals surface area (Å²) >= 11 is 6.38. The van der Waals surface area contributed by atoms with Crippen molar-refractivity contribution in [1.29, 1.82) is 0 Å². The Morgan fingerprint density at radius 3 is 2.56 bits per heavy atom. The Kier molecular flexibility index (Phi) is 5.33. The number of aryl methyl sites for hydroxylation is 2. The van der Waals surface area contributed by atoms with E-state index in [-0.39, 0.29) is 22.5 Å². The van der Waals surface area contributed by atoms with Crippen LogP contribution in [0.25, 0.3) is 16.6 Å². The summed E-state index contributed by atoms with van der Waals surface area (Å²) in [6.45, 7) is 2.85.